The Hall–Kier alpha value is -1.01. The maximum absolute atomic E-state index is 12.0. The Kier molecular flexibility index (Phi) is 7.82. The predicted molar refractivity (Wildman–Crippen MR) is 82.4 cm³/mol. The highest BCUT2D eigenvalue weighted by Gasteiger charge is 2.09. The molecule has 3 atom stereocenters. The van der Waals surface area contributed by atoms with Gasteiger partial charge in [-0.15, -0.1) is 0 Å². The molecule has 0 fully saturated rings. The quantitative estimate of drug-likeness (QED) is 0.760. The van der Waals surface area contributed by atoms with E-state index in [1.807, 2.05) is 6.92 Å². The monoisotopic (exact) mass is 319 g/mol. The molecule has 6 heteroatoms. The number of alkyl halides is 2. The van der Waals surface area contributed by atoms with Gasteiger partial charge in [-0.2, -0.15) is 8.78 Å². The number of hydrogen-bond donors (Lipinski definition) is 1. The number of aryl methyl sites for hydroxylation is 1. The SMILES string of the molecule is CC(CCc1ccc(OC(F)F)cc1)NC(C)CS(C)=O. The van der Waals surface area contributed by atoms with Crippen LogP contribution in [0.3, 0.4) is 0 Å². The van der Waals surface area contributed by atoms with Crippen molar-refractivity contribution in [1.29, 1.82) is 0 Å². The molecule has 0 aliphatic heterocycles. The van der Waals surface area contributed by atoms with Crippen molar-refractivity contribution in [3.8, 4) is 5.75 Å². The molecule has 1 N–H and O–H groups in total. The molecule has 3 nitrogen and oxygen atoms in total. The van der Waals surface area contributed by atoms with Crippen LogP contribution in [0.25, 0.3) is 0 Å². The van der Waals surface area contributed by atoms with E-state index < -0.39 is 17.4 Å². The van der Waals surface area contributed by atoms with Crippen LogP contribution < -0.4 is 10.1 Å². The highest BCUT2D eigenvalue weighted by Crippen LogP contribution is 2.16. The third-order valence-electron chi connectivity index (χ3n) is 3.07. The van der Waals surface area contributed by atoms with Crippen molar-refractivity contribution in [2.45, 2.75) is 45.4 Å². The molecule has 120 valence electrons. The van der Waals surface area contributed by atoms with Gasteiger partial charge in [0.2, 0.25) is 0 Å². The smallest absolute Gasteiger partial charge is 0.387 e. The molecule has 0 bridgehead atoms. The normalized spacial score (nSPS) is 15.7. The number of nitrogens with one attached hydrogen (secondary N) is 1. The predicted octanol–water partition coefficient (Wildman–Crippen LogP) is 2.97. The lowest BCUT2D eigenvalue weighted by Gasteiger charge is -2.19. The van der Waals surface area contributed by atoms with E-state index >= 15 is 0 Å². The lowest BCUT2D eigenvalue weighted by atomic mass is 10.1. The van der Waals surface area contributed by atoms with Crippen LogP contribution in [0.15, 0.2) is 24.3 Å². The summed E-state index contributed by atoms with van der Waals surface area (Å²) in [7, 11) is -0.797. The first-order valence-electron chi connectivity index (χ1n) is 6.96. The topological polar surface area (TPSA) is 38.3 Å². The Labute approximate surface area is 127 Å². The first-order valence-corrected chi connectivity index (χ1v) is 8.69. The third kappa shape index (κ3) is 8.12. The summed E-state index contributed by atoms with van der Waals surface area (Å²) < 4.78 is 39.5. The van der Waals surface area contributed by atoms with Crippen molar-refractivity contribution in [1.82, 2.24) is 5.32 Å². The van der Waals surface area contributed by atoms with Crippen LogP contribution in [0.4, 0.5) is 8.78 Å². The van der Waals surface area contributed by atoms with Crippen molar-refractivity contribution < 1.29 is 17.7 Å². The molecular formula is C15H23F2NO2S. The fourth-order valence-corrected chi connectivity index (χ4v) is 2.99. The van der Waals surface area contributed by atoms with E-state index in [0.29, 0.717) is 11.8 Å². The van der Waals surface area contributed by atoms with Crippen LogP contribution in [-0.2, 0) is 17.2 Å². The summed E-state index contributed by atoms with van der Waals surface area (Å²) in [5, 5.41) is 3.40. The lowest BCUT2D eigenvalue weighted by Crippen LogP contribution is -2.38. The zero-order valence-electron chi connectivity index (χ0n) is 12.6. The average molecular weight is 319 g/mol. The lowest BCUT2D eigenvalue weighted by molar-refractivity contribution is -0.0498. The van der Waals surface area contributed by atoms with Crippen molar-refractivity contribution in [3.63, 3.8) is 0 Å². The summed E-state index contributed by atoms with van der Waals surface area (Å²) in [6.07, 6.45) is 3.48. The molecule has 1 aromatic rings. The van der Waals surface area contributed by atoms with E-state index in [4.69, 9.17) is 0 Å². The molecule has 0 saturated heterocycles. The Morgan fingerprint density at radius 2 is 1.81 bits per heavy atom. The van der Waals surface area contributed by atoms with Crippen LogP contribution in [0.1, 0.15) is 25.8 Å². The van der Waals surface area contributed by atoms with Gasteiger partial charge in [-0.3, -0.25) is 4.21 Å². The third-order valence-corrected chi connectivity index (χ3v) is 4.04. The van der Waals surface area contributed by atoms with Gasteiger partial charge in [0.25, 0.3) is 0 Å². The molecule has 3 unspecified atom stereocenters. The van der Waals surface area contributed by atoms with E-state index in [-0.39, 0.29) is 11.8 Å². The molecule has 0 aliphatic rings. The largest absolute Gasteiger partial charge is 0.435 e. The standard InChI is InChI=1S/C15H23F2NO2S/c1-11(18-12(2)10-21(3)19)4-5-13-6-8-14(9-7-13)20-15(16)17/h6-9,11-12,15,18H,4-5,10H2,1-3H3. The minimum Gasteiger partial charge on any atom is -0.435 e. The van der Waals surface area contributed by atoms with Gasteiger partial charge in [0.1, 0.15) is 5.75 Å². The minimum absolute atomic E-state index is 0.180. The van der Waals surface area contributed by atoms with E-state index in [9.17, 15) is 13.0 Å². The zero-order valence-corrected chi connectivity index (χ0v) is 13.5. The van der Waals surface area contributed by atoms with Gasteiger partial charge in [-0.05, 0) is 44.4 Å². The second-order valence-electron chi connectivity index (χ2n) is 5.27. The molecule has 0 radical (unpaired) electrons. The summed E-state index contributed by atoms with van der Waals surface area (Å²) in [5.41, 5.74) is 1.08. The molecule has 1 aromatic carbocycles. The highest BCUT2D eigenvalue weighted by molar-refractivity contribution is 7.84. The Morgan fingerprint density at radius 3 is 2.33 bits per heavy atom. The molecule has 21 heavy (non-hydrogen) atoms. The van der Waals surface area contributed by atoms with Crippen molar-refractivity contribution in [3.05, 3.63) is 29.8 Å². The Bertz CT molecular complexity index is 440. The van der Waals surface area contributed by atoms with Gasteiger partial charge in [0.15, 0.2) is 0 Å². The van der Waals surface area contributed by atoms with Crippen LogP contribution in [0.5, 0.6) is 5.75 Å². The maximum Gasteiger partial charge on any atom is 0.387 e. The number of halogens is 2. The summed E-state index contributed by atoms with van der Waals surface area (Å²) in [4.78, 5) is 0. The van der Waals surface area contributed by atoms with E-state index in [1.54, 1.807) is 30.5 Å². The average Bonchev–Trinajstić information content (AvgIpc) is 2.36. The Balaban J connectivity index is 2.35. The van der Waals surface area contributed by atoms with E-state index in [2.05, 4.69) is 17.0 Å². The molecule has 0 aliphatic carbocycles. The molecule has 0 aromatic heterocycles. The number of rotatable bonds is 9. The van der Waals surface area contributed by atoms with Gasteiger partial charge < -0.3 is 10.1 Å². The second kappa shape index (κ2) is 9.10. The first kappa shape index (κ1) is 18.0. The Morgan fingerprint density at radius 1 is 1.19 bits per heavy atom. The van der Waals surface area contributed by atoms with Gasteiger partial charge in [0.05, 0.1) is 0 Å². The van der Waals surface area contributed by atoms with Crippen molar-refractivity contribution in [2.75, 3.05) is 12.0 Å². The van der Waals surface area contributed by atoms with Gasteiger partial charge in [-0.25, -0.2) is 0 Å². The minimum atomic E-state index is -2.79. The molecule has 1 rings (SSSR count). The van der Waals surface area contributed by atoms with E-state index in [1.165, 1.54) is 0 Å². The van der Waals surface area contributed by atoms with Gasteiger partial charge >= 0.3 is 6.61 Å². The van der Waals surface area contributed by atoms with Crippen LogP contribution >= 0.6 is 0 Å². The molecule has 0 heterocycles. The maximum atomic E-state index is 12.0. The summed E-state index contributed by atoms with van der Waals surface area (Å²) in [6, 6.07) is 7.24. The molecular weight excluding hydrogens is 296 g/mol. The van der Waals surface area contributed by atoms with Crippen molar-refractivity contribution >= 4 is 10.8 Å². The van der Waals surface area contributed by atoms with Crippen LogP contribution in [-0.4, -0.2) is 34.9 Å². The fourth-order valence-electron chi connectivity index (χ4n) is 2.19. The van der Waals surface area contributed by atoms with E-state index in [0.717, 1.165) is 18.4 Å². The molecule has 0 spiro atoms. The molecule has 0 saturated carbocycles. The number of ether oxygens (including phenoxy) is 1. The van der Waals surface area contributed by atoms with Crippen LogP contribution in [0, 0.1) is 0 Å². The first-order chi connectivity index (χ1) is 9.86. The van der Waals surface area contributed by atoms with Crippen molar-refractivity contribution in [2.24, 2.45) is 0 Å². The zero-order chi connectivity index (χ0) is 15.8. The molecule has 0 amide bonds. The second-order valence-corrected chi connectivity index (χ2v) is 6.75. The fraction of sp³-hybridized carbons (Fsp3) is 0.600. The van der Waals surface area contributed by atoms with Crippen LogP contribution in [0.2, 0.25) is 0 Å². The summed E-state index contributed by atoms with van der Waals surface area (Å²) in [5.74, 6) is 0.822. The number of hydrogen-bond acceptors (Lipinski definition) is 3. The summed E-state index contributed by atoms with van der Waals surface area (Å²) in [6.45, 7) is 1.32. The van der Waals surface area contributed by atoms with Gasteiger partial charge in [0, 0.05) is 34.9 Å². The van der Waals surface area contributed by atoms with Gasteiger partial charge in [-0.1, -0.05) is 12.1 Å². The summed E-state index contributed by atoms with van der Waals surface area (Å²) >= 11 is 0. The number of benzene rings is 1. The highest BCUT2D eigenvalue weighted by atomic mass is 32.2.